The van der Waals surface area contributed by atoms with E-state index in [9.17, 15) is 14.7 Å². The highest BCUT2D eigenvalue weighted by molar-refractivity contribution is 5.79. The molecule has 39 heavy (non-hydrogen) atoms. The molecule has 1 unspecified atom stereocenters. The summed E-state index contributed by atoms with van der Waals surface area (Å²) in [4.78, 5) is 30.2. The molecule has 212 valence electrons. The molecule has 1 saturated heterocycles. The monoisotopic (exact) mass is 540 g/mol. The second kappa shape index (κ2) is 13.6. The van der Waals surface area contributed by atoms with Crippen molar-refractivity contribution in [2.24, 2.45) is 5.92 Å². The second-order valence-electron chi connectivity index (χ2n) is 10.1. The Hall–Kier alpha value is -3.46. The zero-order chi connectivity index (χ0) is 27.8. The Bertz CT molecular complexity index is 1120. The van der Waals surface area contributed by atoms with Crippen LogP contribution < -0.4 is 18.9 Å². The Balaban J connectivity index is 1.61. The predicted molar refractivity (Wildman–Crippen MR) is 147 cm³/mol. The number of carbonyl (C=O) groups excluding carboxylic acids is 1. The molecular weight excluding hydrogens is 500 g/mol. The zero-order valence-electron chi connectivity index (χ0n) is 23.1. The summed E-state index contributed by atoms with van der Waals surface area (Å²) in [6.07, 6.45) is 3.88. The number of amides is 1. The van der Waals surface area contributed by atoms with Crippen LogP contribution in [0.25, 0.3) is 0 Å². The van der Waals surface area contributed by atoms with Crippen molar-refractivity contribution < 1.29 is 33.6 Å². The molecule has 9 heteroatoms. The summed E-state index contributed by atoms with van der Waals surface area (Å²) in [6.45, 7) is 6.45. The van der Waals surface area contributed by atoms with Crippen molar-refractivity contribution in [1.82, 2.24) is 9.80 Å². The van der Waals surface area contributed by atoms with Gasteiger partial charge in [-0.3, -0.25) is 14.5 Å². The van der Waals surface area contributed by atoms with Crippen molar-refractivity contribution in [3.63, 3.8) is 0 Å². The minimum Gasteiger partial charge on any atom is -0.493 e. The fraction of sp³-hybridized carbons (Fsp3) is 0.533. The van der Waals surface area contributed by atoms with E-state index >= 15 is 0 Å². The van der Waals surface area contributed by atoms with Crippen LogP contribution in [-0.4, -0.2) is 79.5 Å². The van der Waals surface area contributed by atoms with Crippen molar-refractivity contribution in [2.75, 3.05) is 46.7 Å². The van der Waals surface area contributed by atoms with Gasteiger partial charge in [-0.1, -0.05) is 44.9 Å². The number of fused-ring (bicyclic) bond motifs is 1. The predicted octanol–water partition coefficient (Wildman–Crippen LogP) is 4.40. The highest BCUT2D eigenvalue weighted by Crippen LogP contribution is 2.42. The molecule has 2 aromatic rings. The number of hydrogen-bond donors (Lipinski definition) is 1. The molecular formula is C30H40N2O7. The number of carboxylic acid groups (broad SMARTS) is 1. The largest absolute Gasteiger partial charge is 0.493 e. The van der Waals surface area contributed by atoms with Gasteiger partial charge in [0.15, 0.2) is 23.0 Å². The summed E-state index contributed by atoms with van der Waals surface area (Å²) < 4.78 is 22.6. The molecule has 3 atom stereocenters. The van der Waals surface area contributed by atoms with E-state index in [-0.39, 0.29) is 31.8 Å². The lowest BCUT2D eigenvalue weighted by Gasteiger charge is -2.29. The lowest BCUT2D eigenvalue weighted by Crippen LogP contribution is -2.46. The van der Waals surface area contributed by atoms with Crippen LogP contribution in [0.5, 0.6) is 23.0 Å². The Morgan fingerprint density at radius 1 is 1.03 bits per heavy atom. The first-order chi connectivity index (χ1) is 19.0. The number of para-hydroxylation sites is 2. The first-order valence-corrected chi connectivity index (χ1v) is 13.9. The number of benzene rings is 2. The van der Waals surface area contributed by atoms with Gasteiger partial charge in [0.05, 0.1) is 25.6 Å². The summed E-state index contributed by atoms with van der Waals surface area (Å²) in [7, 11) is 1.57. The molecule has 0 bridgehead atoms. The summed E-state index contributed by atoms with van der Waals surface area (Å²) in [5, 5.41) is 10.4. The van der Waals surface area contributed by atoms with Crippen molar-refractivity contribution >= 4 is 11.9 Å². The van der Waals surface area contributed by atoms with Crippen molar-refractivity contribution in [3.05, 3.63) is 48.0 Å². The number of carbonyl (C=O) groups is 2. The van der Waals surface area contributed by atoms with Crippen LogP contribution in [0.15, 0.2) is 42.5 Å². The second-order valence-corrected chi connectivity index (χ2v) is 10.1. The number of ether oxygens (including phenoxy) is 4. The summed E-state index contributed by atoms with van der Waals surface area (Å²) in [6, 6.07) is 12.3. The Labute approximate surface area is 230 Å². The van der Waals surface area contributed by atoms with Gasteiger partial charge < -0.3 is 29.0 Å². The molecule has 4 rings (SSSR count). The molecule has 1 amide bonds. The van der Waals surface area contributed by atoms with Gasteiger partial charge in [0, 0.05) is 25.6 Å². The van der Waals surface area contributed by atoms with Crippen LogP contribution in [-0.2, 0) is 9.59 Å². The Kier molecular flexibility index (Phi) is 9.92. The molecule has 0 radical (unpaired) electrons. The van der Waals surface area contributed by atoms with Crippen molar-refractivity contribution in [3.8, 4) is 23.0 Å². The number of hydrogen-bond acceptors (Lipinski definition) is 7. The molecule has 0 saturated carbocycles. The smallest absolute Gasteiger partial charge is 0.308 e. The third-order valence-corrected chi connectivity index (χ3v) is 7.59. The number of methoxy groups -OCH3 is 1. The minimum absolute atomic E-state index is 0.0228. The lowest BCUT2D eigenvalue weighted by molar-refractivity contribution is -0.144. The van der Waals surface area contributed by atoms with Gasteiger partial charge in [0.2, 0.25) is 12.7 Å². The van der Waals surface area contributed by atoms with Crippen LogP contribution in [0, 0.1) is 5.92 Å². The first kappa shape index (κ1) is 28.5. The average molecular weight is 541 g/mol. The van der Waals surface area contributed by atoms with Gasteiger partial charge in [-0.15, -0.1) is 0 Å². The molecule has 2 aromatic carbocycles. The fourth-order valence-corrected chi connectivity index (χ4v) is 5.43. The number of rotatable bonds is 14. The highest BCUT2D eigenvalue weighted by Gasteiger charge is 2.48. The molecule has 9 nitrogen and oxygen atoms in total. The zero-order valence-corrected chi connectivity index (χ0v) is 23.1. The van der Waals surface area contributed by atoms with E-state index in [1.807, 2.05) is 40.1 Å². The van der Waals surface area contributed by atoms with Gasteiger partial charge in [-0.05, 0) is 42.7 Å². The molecule has 1 N–H and O–H groups in total. The average Bonchev–Trinajstić information content (AvgIpc) is 3.56. The fourth-order valence-electron chi connectivity index (χ4n) is 5.43. The van der Waals surface area contributed by atoms with E-state index in [1.54, 1.807) is 19.2 Å². The molecule has 2 aliphatic rings. The Morgan fingerprint density at radius 2 is 1.72 bits per heavy atom. The maximum Gasteiger partial charge on any atom is 0.308 e. The van der Waals surface area contributed by atoms with Crippen LogP contribution in [0.2, 0.25) is 0 Å². The van der Waals surface area contributed by atoms with Crippen LogP contribution in [0.3, 0.4) is 0 Å². The van der Waals surface area contributed by atoms with Gasteiger partial charge in [0.1, 0.15) is 6.61 Å². The Morgan fingerprint density at radius 3 is 2.38 bits per heavy atom. The van der Waals surface area contributed by atoms with Crippen LogP contribution in [0.4, 0.5) is 0 Å². The quantitative estimate of drug-likeness (QED) is 0.377. The number of likely N-dealkylation sites (tertiary alicyclic amines) is 1. The number of aliphatic carboxylic acids is 1. The van der Waals surface area contributed by atoms with E-state index in [0.29, 0.717) is 42.6 Å². The lowest BCUT2D eigenvalue weighted by atomic mass is 9.85. The highest BCUT2D eigenvalue weighted by atomic mass is 16.7. The number of unbranched alkanes of at least 4 members (excludes halogenated alkanes) is 2. The van der Waals surface area contributed by atoms with Crippen LogP contribution >= 0.6 is 0 Å². The van der Waals surface area contributed by atoms with E-state index in [2.05, 4.69) is 13.8 Å². The maximum absolute atomic E-state index is 13.5. The molecule has 2 heterocycles. The molecule has 2 aliphatic heterocycles. The molecule has 0 aromatic heterocycles. The normalized spacial score (nSPS) is 20.1. The molecule has 1 fully saturated rings. The topological polar surface area (TPSA) is 97.8 Å². The third-order valence-electron chi connectivity index (χ3n) is 7.59. The van der Waals surface area contributed by atoms with Crippen molar-refractivity contribution in [1.29, 1.82) is 0 Å². The summed E-state index contributed by atoms with van der Waals surface area (Å²) >= 11 is 0. The van der Waals surface area contributed by atoms with E-state index in [4.69, 9.17) is 18.9 Å². The summed E-state index contributed by atoms with van der Waals surface area (Å²) in [5.74, 6) is 0.331. The number of nitrogens with zero attached hydrogens (tertiary/aromatic N) is 2. The maximum atomic E-state index is 13.5. The first-order valence-electron chi connectivity index (χ1n) is 13.9. The third kappa shape index (κ3) is 6.76. The van der Waals surface area contributed by atoms with Gasteiger partial charge in [0.25, 0.3) is 0 Å². The van der Waals surface area contributed by atoms with E-state index < -0.39 is 17.9 Å². The van der Waals surface area contributed by atoms with Gasteiger partial charge in [-0.2, -0.15) is 0 Å². The SMILES string of the molecule is CCCCN(CCCC)C(=O)CN1CC(c2ccc3c(c2)OCO3)[C@H](C(=O)O)[C@H]1COc1ccccc1OC. The van der Waals surface area contributed by atoms with E-state index in [1.165, 1.54) is 0 Å². The standard InChI is InChI=1S/C30H40N2O7/c1-4-6-14-31(15-7-5-2)28(33)18-32-17-22(21-12-13-26-27(16-21)39-20-38-26)29(30(34)35)23(32)19-37-25-11-9-8-10-24(25)36-3/h8-13,16,22-23,29H,4-7,14-15,17-20H2,1-3H3,(H,34,35)/t22?,23-,29+/m1/s1. The van der Waals surface area contributed by atoms with Crippen LogP contribution in [0.1, 0.15) is 51.0 Å². The minimum atomic E-state index is -0.921. The molecule has 0 spiro atoms. The molecule has 0 aliphatic carbocycles. The van der Waals surface area contributed by atoms with Gasteiger partial charge in [-0.25, -0.2) is 0 Å². The summed E-state index contributed by atoms with van der Waals surface area (Å²) in [5.41, 5.74) is 0.845. The number of carboxylic acids is 1. The van der Waals surface area contributed by atoms with Gasteiger partial charge >= 0.3 is 5.97 Å². The van der Waals surface area contributed by atoms with E-state index in [0.717, 1.165) is 31.2 Å². The van der Waals surface area contributed by atoms with Crippen molar-refractivity contribution in [2.45, 2.75) is 51.5 Å².